The maximum atomic E-state index is 13.1. The molecule has 21 heteroatoms. The Morgan fingerprint density at radius 2 is 0.844 bits per heavy atom. The Hall–Kier alpha value is -0.340. The number of rotatable bonds is 17. The first-order chi connectivity index (χ1) is 29.9. The summed E-state index contributed by atoms with van der Waals surface area (Å²) >= 11 is 35.2. The van der Waals surface area contributed by atoms with Gasteiger partial charge in [0.05, 0.1) is 69.5 Å². The van der Waals surface area contributed by atoms with Gasteiger partial charge in [-0.05, 0) is 47.3 Å². The van der Waals surface area contributed by atoms with E-state index in [-0.39, 0.29) is 97.8 Å². The first kappa shape index (κ1) is 56.2. The van der Waals surface area contributed by atoms with Gasteiger partial charge in [0.15, 0.2) is 25.2 Å². The van der Waals surface area contributed by atoms with Crippen molar-refractivity contribution in [1.82, 2.24) is 10.6 Å². The second-order valence-electron chi connectivity index (χ2n) is 18.3. The second-order valence-corrected chi connectivity index (χ2v) is 23.3. The van der Waals surface area contributed by atoms with Crippen molar-refractivity contribution in [3.05, 3.63) is 12.7 Å². The minimum absolute atomic E-state index is 0.0186. The molecule has 0 aliphatic carbocycles. The van der Waals surface area contributed by atoms with Crippen molar-refractivity contribution >= 4 is 81.8 Å². The number of alkyl halides is 6. The lowest BCUT2D eigenvalue weighted by molar-refractivity contribution is -0.303. The van der Waals surface area contributed by atoms with Crippen molar-refractivity contribution < 1.29 is 62.1 Å². The molecule has 20 atom stereocenters. The number of aliphatic hydroxyl groups is 1. The minimum atomic E-state index is -1.82. The fraction of sp³-hybridized carbons (Fsp3) is 0.907. The van der Waals surface area contributed by atoms with Gasteiger partial charge in [-0.1, -0.05) is 145 Å². The number of alkyl carbamates (subject to hydrolysis) is 2. The molecule has 3 N–H and O–H groups in total. The normalized spacial score (nSPS) is 40.9. The van der Waals surface area contributed by atoms with Crippen LogP contribution in [0.25, 0.3) is 0 Å². The summed E-state index contributed by atoms with van der Waals surface area (Å²) < 4.78 is 58.2. The van der Waals surface area contributed by atoms with Crippen LogP contribution in [0.15, 0.2) is 12.7 Å². The van der Waals surface area contributed by atoms with Crippen LogP contribution in [0.4, 0.5) is 9.59 Å². The smallest absolute Gasteiger partial charge is 0.407 e. The number of halogens is 6. The number of aliphatic hydroxyl groups excluding tert-OH is 1. The van der Waals surface area contributed by atoms with Crippen molar-refractivity contribution in [3.63, 3.8) is 0 Å². The molecule has 0 saturated carbocycles. The van der Waals surface area contributed by atoms with E-state index < -0.39 is 82.4 Å². The van der Waals surface area contributed by atoms with E-state index in [9.17, 15) is 14.7 Å². The van der Waals surface area contributed by atoms with Gasteiger partial charge in [0.1, 0.15) is 13.2 Å². The molecular formula is C43H70Cl6N2O13. The van der Waals surface area contributed by atoms with Crippen molar-refractivity contribution in [1.29, 1.82) is 0 Å². The lowest BCUT2D eigenvalue weighted by Gasteiger charge is -2.48. The fourth-order valence-corrected chi connectivity index (χ4v) is 9.12. The van der Waals surface area contributed by atoms with Gasteiger partial charge in [-0.3, -0.25) is 0 Å². The molecule has 4 rings (SSSR count). The Labute approximate surface area is 409 Å². The van der Waals surface area contributed by atoms with E-state index in [2.05, 4.69) is 58.8 Å². The summed E-state index contributed by atoms with van der Waals surface area (Å²) in [6.45, 7) is 23.7. The molecule has 372 valence electrons. The van der Waals surface area contributed by atoms with Crippen LogP contribution < -0.4 is 10.6 Å². The quantitative estimate of drug-likeness (QED) is 0.0938. The summed E-state index contributed by atoms with van der Waals surface area (Å²) in [5, 5.41) is 15.7. The minimum Gasteiger partial charge on any atom is -0.445 e. The zero-order valence-electron chi connectivity index (χ0n) is 38.4. The third-order valence-electron chi connectivity index (χ3n) is 14.3. The van der Waals surface area contributed by atoms with Gasteiger partial charge in [-0.25, -0.2) is 9.59 Å². The Morgan fingerprint density at radius 1 is 0.516 bits per heavy atom. The van der Waals surface area contributed by atoms with Gasteiger partial charge >= 0.3 is 12.2 Å². The molecule has 4 aliphatic heterocycles. The standard InChI is InChI=1S/C43H70Cl6N2O13/c1-12-13-55-36-28(10)21(3)23(5)31(62-36)16-57-38-35(51-41(54)60-19-43(47,48)49)27(9)25(7)33(64-38)17-58-39-34(50-40(53)59-18-42(44,45)46)26(8)24(6)32(63-39)15-56-37-29(11)20(2)22(4)30(14-52)61-37/h12,20-39,52H,1,13-19H2,2-11H3,(H,50,53)(H,51,54)/t20-,21-,22-,23-,24-,25-,26-,27-,28?,29?,30?,31?,32?,33?,34?,35?,36+,37+,38+,39+/m0/s1. The Kier molecular flexibility index (Phi) is 22.0. The molecule has 4 fully saturated rings. The molecule has 2 amide bonds. The van der Waals surface area contributed by atoms with E-state index in [4.69, 9.17) is 117 Å². The topological polar surface area (TPSA) is 171 Å². The van der Waals surface area contributed by atoms with E-state index in [0.29, 0.717) is 6.61 Å². The molecule has 64 heavy (non-hydrogen) atoms. The molecule has 0 spiro atoms. The Morgan fingerprint density at radius 3 is 1.22 bits per heavy atom. The molecule has 4 heterocycles. The predicted octanol–water partition coefficient (Wildman–Crippen LogP) is 8.42. The summed E-state index contributed by atoms with van der Waals surface area (Å²) in [5.74, 6) is -0.0526. The highest BCUT2D eigenvalue weighted by Gasteiger charge is 2.49. The summed E-state index contributed by atoms with van der Waals surface area (Å²) in [5.41, 5.74) is 0. The number of hydrogen-bond donors (Lipinski definition) is 3. The Bertz CT molecular complexity index is 1480. The monoisotopic (exact) mass is 1030 g/mol. The third kappa shape index (κ3) is 15.6. The van der Waals surface area contributed by atoms with Gasteiger partial charge in [-0.15, -0.1) is 6.58 Å². The van der Waals surface area contributed by atoms with E-state index in [1.165, 1.54) is 0 Å². The predicted molar refractivity (Wildman–Crippen MR) is 244 cm³/mol. The lowest BCUT2D eigenvalue weighted by Crippen LogP contribution is -2.61. The van der Waals surface area contributed by atoms with Crippen LogP contribution in [0, 0.1) is 59.2 Å². The average Bonchev–Trinajstić information content (AvgIpc) is 3.23. The summed E-state index contributed by atoms with van der Waals surface area (Å²) in [4.78, 5) is 26.2. The summed E-state index contributed by atoms with van der Waals surface area (Å²) in [7, 11) is 0. The van der Waals surface area contributed by atoms with Crippen molar-refractivity contribution in [2.75, 3.05) is 46.2 Å². The summed E-state index contributed by atoms with van der Waals surface area (Å²) in [6, 6.07) is -1.44. The lowest BCUT2D eigenvalue weighted by atomic mass is 9.79. The number of nitrogens with one attached hydrogen (secondary N) is 2. The largest absolute Gasteiger partial charge is 0.445 e. The zero-order chi connectivity index (χ0) is 47.8. The molecule has 4 aliphatic rings. The first-order valence-electron chi connectivity index (χ1n) is 22.2. The molecular weight excluding hydrogens is 965 g/mol. The molecule has 0 bridgehead atoms. The first-order valence-corrected chi connectivity index (χ1v) is 24.4. The van der Waals surface area contributed by atoms with E-state index in [1.54, 1.807) is 6.08 Å². The second kappa shape index (κ2) is 25.0. The van der Waals surface area contributed by atoms with E-state index in [0.717, 1.165) is 0 Å². The molecule has 4 saturated heterocycles. The van der Waals surface area contributed by atoms with Gasteiger partial charge in [0, 0.05) is 11.8 Å². The SMILES string of the molecule is C=CCO[C@@H]1OC(CO[C@@H]2OC(CO[C@@H]3OC(CO[C@@H]4OC(CO)[C@@H](C)[C@H](C)C4C)[C@@H](C)[C@H](C)C3NC(=O)OCC(Cl)(Cl)Cl)[C@@H](C)[C@H](C)C2NC(=O)OCC(Cl)(Cl)Cl)[C@@H](C)[C@H](C)C1C. The van der Waals surface area contributed by atoms with Crippen molar-refractivity contribution in [3.8, 4) is 0 Å². The number of ether oxygens (including phenoxy) is 10. The molecule has 0 radical (unpaired) electrons. The molecule has 15 nitrogen and oxygen atoms in total. The van der Waals surface area contributed by atoms with Crippen LogP contribution in [0.2, 0.25) is 0 Å². The van der Waals surface area contributed by atoms with Crippen molar-refractivity contribution in [2.24, 2.45) is 59.2 Å². The molecule has 0 aromatic carbocycles. The highest BCUT2D eigenvalue weighted by molar-refractivity contribution is 6.68. The van der Waals surface area contributed by atoms with E-state index in [1.807, 2.05) is 27.7 Å². The van der Waals surface area contributed by atoms with Gasteiger partial charge in [0.25, 0.3) is 0 Å². The highest BCUT2D eigenvalue weighted by Crippen LogP contribution is 2.40. The van der Waals surface area contributed by atoms with Gasteiger partial charge in [-0.2, -0.15) is 0 Å². The van der Waals surface area contributed by atoms with Crippen LogP contribution in [-0.2, 0) is 47.4 Å². The van der Waals surface area contributed by atoms with Gasteiger partial charge in [0.2, 0.25) is 7.59 Å². The molecule has 0 aromatic heterocycles. The highest BCUT2D eigenvalue weighted by atomic mass is 35.6. The third-order valence-corrected chi connectivity index (χ3v) is 14.9. The van der Waals surface area contributed by atoms with Crippen LogP contribution in [0.1, 0.15) is 69.2 Å². The number of amides is 2. The summed E-state index contributed by atoms with van der Waals surface area (Å²) in [6.07, 6.45) is -4.91. The van der Waals surface area contributed by atoms with Crippen LogP contribution in [-0.4, -0.2) is 133 Å². The fourth-order valence-electron chi connectivity index (χ4n) is 8.79. The number of carbonyl (C=O) groups is 2. The van der Waals surface area contributed by atoms with Crippen LogP contribution in [0.5, 0.6) is 0 Å². The zero-order valence-corrected chi connectivity index (χ0v) is 42.9. The maximum absolute atomic E-state index is 13.1. The average molecular weight is 1040 g/mol. The van der Waals surface area contributed by atoms with Crippen LogP contribution in [0.3, 0.4) is 0 Å². The van der Waals surface area contributed by atoms with Crippen molar-refractivity contribution in [2.45, 2.75) is 138 Å². The number of carbonyl (C=O) groups excluding carboxylic acids is 2. The molecule has 0 aromatic rings. The van der Waals surface area contributed by atoms with Crippen LogP contribution >= 0.6 is 69.6 Å². The van der Waals surface area contributed by atoms with Gasteiger partial charge < -0.3 is 63.1 Å². The number of hydrogen-bond acceptors (Lipinski definition) is 13. The molecule has 8 unspecified atom stereocenters. The van der Waals surface area contributed by atoms with E-state index >= 15 is 0 Å². The Balaban J connectivity index is 1.55. The maximum Gasteiger partial charge on any atom is 0.407 e.